The van der Waals surface area contributed by atoms with Gasteiger partial charge in [-0.25, -0.2) is 9.37 Å². The molecule has 1 atom stereocenters. The highest BCUT2D eigenvalue weighted by atomic mass is 19.1. The average Bonchev–Trinajstić information content (AvgIpc) is 3.10. The van der Waals surface area contributed by atoms with Gasteiger partial charge in [-0.15, -0.1) is 0 Å². The lowest BCUT2D eigenvalue weighted by Gasteiger charge is -2.20. The third-order valence-corrected chi connectivity index (χ3v) is 4.11. The second kappa shape index (κ2) is 5.65. The van der Waals surface area contributed by atoms with Crippen molar-refractivity contribution in [3.63, 3.8) is 0 Å². The molecule has 0 spiro atoms. The number of aromatic nitrogens is 2. The minimum atomic E-state index is -0.195. The summed E-state index contributed by atoms with van der Waals surface area (Å²) in [5, 5.41) is 3.51. The molecule has 3 rings (SSSR count). The van der Waals surface area contributed by atoms with E-state index in [0.29, 0.717) is 6.04 Å². The first-order chi connectivity index (χ1) is 9.74. The SMILES string of the molecule is CC(c1cccc(F)c1)n1ccnc1NC1CCCC1. The average molecular weight is 273 g/mol. The second-order valence-electron chi connectivity index (χ2n) is 5.51. The molecule has 0 amide bonds. The van der Waals surface area contributed by atoms with E-state index in [1.807, 2.05) is 12.3 Å². The van der Waals surface area contributed by atoms with Crippen LogP contribution in [0.4, 0.5) is 10.3 Å². The molecule has 1 aromatic carbocycles. The molecule has 2 aromatic rings. The van der Waals surface area contributed by atoms with Gasteiger partial charge in [0, 0.05) is 18.4 Å². The Labute approximate surface area is 118 Å². The molecule has 0 bridgehead atoms. The molecular weight excluding hydrogens is 253 g/mol. The second-order valence-corrected chi connectivity index (χ2v) is 5.51. The molecule has 0 radical (unpaired) electrons. The number of nitrogens with zero attached hydrogens (tertiary/aromatic N) is 2. The van der Waals surface area contributed by atoms with Crippen molar-refractivity contribution in [3.8, 4) is 0 Å². The Kier molecular flexibility index (Phi) is 3.72. The van der Waals surface area contributed by atoms with Crippen LogP contribution in [0.2, 0.25) is 0 Å². The Morgan fingerprint density at radius 1 is 1.35 bits per heavy atom. The van der Waals surface area contributed by atoms with Crippen molar-refractivity contribution in [1.29, 1.82) is 0 Å². The molecule has 4 heteroatoms. The molecule has 106 valence electrons. The van der Waals surface area contributed by atoms with Crippen molar-refractivity contribution in [3.05, 3.63) is 48.0 Å². The van der Waals surface area contributed by atoms with Gasteiger partial charge in [-0.2, -0.15) is 0 Å². The van der Waals surface area contributed by atoms with Gasteiger partial charge < -0.3 is 9.88 Å². The van der Waals surface area contributed by atoms with Crippen LogP contribution in [0.15, 0.2) is 36.7 Å². The van der Waals surface area contributed by atoms with E-state index in [-0.39, 0.29) is 11.9 Å². The summed E-state index contributed by atoms with van der Waals surface area (Å²) < 4.78 is 15.4. The van der Waals surface area contributed by atoms with Crippen LogP contribution in [0.5, 0.6) is 0 Å². The summed E-state index contributed by atoms with van der Waals surface area (Å²) in [4.78, 5) is 4.41. The highest BCUT2D eigenvalue weighted by molar-refractivity contribution is 5.32. The van der Waals surface area contributed by atoms with Gasteiger partial charge in [0.15, 0.2) is 0 Å². The fourth-order valence-corrected chi connectivity index (χ4v) is 2.92. The fraction of sp³-hybridized carbons (Fsp3) is 0.438. The molecule has 1 aromatic heterocycles. The summed E-state index contributed by atoms with van der Waals surface area (Å²) >= 11 is 0. The number of benzene rings is 1. The normalized spacial score (nSPS) is 17.3. The summed E-state index contributed by atoms with van der Waals surface area (Å²) in [5.74, 6) is 0.688. The Morgan fingerprint density at radius 3 is 2.90 bits per heavy atom. The Morgan fingerprint density at radius 2 is 2.15 bits per heavy atom. The lowest BCUT2D eigenvalue weighted by atomic mass is 10.1. The monoisotopic (exact) mass is 273 g/mol. The number of halogens is 1. The van der Waals surface area contributed by atoms with Crippen LogP contribution in [0, 0.1) is 5.82 Å². The van der Waals surface area contributed by atoms with Crippen molar-refractivity contribution in [2.24, 2.45) is 0 Å². The Hall–Kier alpha value is -1.84. The van der Waals surface area contributed by atoms with E-state index in [0.717, 1.165) is 11.5 Å². The first kappa shape index (κ1) is 13.2. The van der Waals surface area contributed by atoms with E-state index in [9.17, 15) is 4.39 Å². The number of hydrogen-bond acceptors (Lipinski definition) is 2. The standard InChI is InChI=1S/C16H20FN3/c1-12(13-5-4-6-14(17)11-13)20-10-9-18-16(20)19-15-7-2-3-8-15/h4-6,9-12,15H,2-3,7-8H2,1H3,(H,18,19). The van der Waals surface area contributed by atoms with Crippen molar-refractivity contribution in [1.82, 2.24) is 9.55 Å². The zero-order chi connectivity index (χ0) is 13.9. The third kappa shape index (κ3) is 2.69. The molecule has 20 heavy (non-hydrogen) atoms. The number of imidazole rings is 1. The third-order valence-electron chi connectivity index (χ3n) is 4.11. The number of anilines is 1. The molecule has 1 N–H and O–H groups in total. The molecule has 0 aliphatic heterocycles. The van der Waals surface area contributed by atoms with Crippen molar-refractivity contribution in [2.75, 3.05) is 5.32 Å². The zero-order valence-corrected chi connectivity index (χ0v) is 11.7. The van der Waals surface area contributed by atoms with E-state index >= 15 is 0 Å². The topological polar surface area (TPSA) is 29.9 Å². The van der Waals surface area contributed by atoms with E-state index in [4.69, 9.17) is 0 Å². The molecule has 1 fully saturated rings. The van der Waals surface area contributed by atoms with Gasteiger partial charge in [0.2, 0.25) is 5.95 Å². The van der Waals surface area contributed by atoms with Crippen LogP contribution >= 0.6 is 0 Å². The van der Waals surface area contributed by atoms with Gasteiger partial charge in [-0.3, -0.25) is 0 Å². The summed E-state index contributed by atoms with van der Waals surface area (Å²) in [6, 6.07) is 7.36. The highest BCUT2D eigenvalue weighted by Gasteiger charge is 2.18. The van der Waals surface area contributed by atoms with Crippen molar-refractivity contribution < 1.29 is 4.39 Å². The first-order valence-electron chi connectivity index (χ1n) is 7.29. The maximum atomic E-state index is 13.4. The van der Waals surface area contributed by atoms with Crippen LogP contribution in [-0.2, 0) is 0 Å². The van der Waals surface area contributed by atoms with E-state index in [1.165, 1.54) is 31.7 Å². The first-order valence-corrected chi connectivity index (χ1v) is 7.29. The van der Waals surface area contributed by atoms with Gasteiger partial charge in [-0.05, 0) is 37.5 Å². The molecule has 1 aliphatic carbocycles. The highest BCUT2D eigenvalue weighted by Crippen LogP contribution is 2.25. The molecule has 1 saturated carbocycles. The summed E-state index contributed by atoms with van der Waals surface area (Å²) in [6.07, 6.45) is 8.75. The van der Waals surface area contributed by atoms with E-state index in [1.54, 1.807) is 18.3 Å². The Bertz CT molecular complexity index is 573. The quantitative estimate of drug-likeness (QED) is 0.913. The molecular formula is C16H20FN3. The summed E-state index contributed by atoms with van der Waals surface area (Å²) in [7, 11) is 0. The number of hydrogen-bond donors (Lipinski definition) is 1. The van der Waals surface area contributed by atoms with Crippen LogP contribution in [0.25, 0.3) is 0 Å². The van der Waals surface area contributed by atoms with Crippen LogP contribution in [0.1, 0.15) is 44.2 Å². The maximum absolute atomic E-state index is 13.4. The zero-order valence-electron chi connectivity index (χ0n) is 11.7. The largest absolute Gasteiger partial charge is 0.353 e. The number of rotatable bonds is 4. The predicted molar refractivity (Wildman–Crippen MR) is 78.3 cm³/mol. The van der Waals surface area contributed by atoms with E-state index < -0.39 is 0 Å². The fourth-order valence-electron chi connectivity index (χ4n) is 2.92. The van der Waals surface area contributed by atoms with Crippen LogP contribution in [-0.4, -0.2) is 15.6 Å². The van der Waals surface area contributed by atoms with Crippen molar-refractivity contribution in [2.45, 2.75) is 44.7 Å². The molecule has 1 heterocycles. The van der Waals surface area contributed by atoms with Crippen LogP contribution in [0.3, 0.4) is 0 Å². The summed E-state index contributed by atoms with van der Waals surface area (Å²) in [6.45, 7) is 2.07. The van der Waals surface area contributed by atoms with Crippen LogP contribution < -0.4 is 5.32 Å². The number of nitrogens with one attached hydrogen (secondary N) is 1. The lowest BCUT2D eigenvalue weighted by Crippen LogP contribution is -2.19. The Balaban J connectivity index is 1.81. The maximum Gasteiger partial charge on any atom is 0.203 e. The predicted octanol–water partition coefficient (Wildman–Crippen LogP) is 3.99. The van der Waals surface area contributed by atoms with E-state index in [2.05, 4.69) is 21.8 Å². The lowest BCUT2D eigenvalue weighted by molar-refractivity contribution is 0.602. The molecule has 3 nitrogen and oxygen atoms in total. The molecule has 0 saturated heterocycles. The van der Waals surface area contributed by atoms with Gasteiger partial charge in [0.1, 0.15) is 5.82 Å². The summed E-state index contributed by atoms with van der Waals surface area (Å²) in [5.41, 5.74) is 0.956. The smallest absolute Gasteiger partial charge is 0.203 e. The van der Waals surface area contributed by atoms with Gasteiger partial charge >= 0.3 is 0 Å². The van der Waals surface area contributed by atoms with Gasteiger partial charge in [0.25, 0.3) is 0 Å². The minimum absolute atomic E-state index is 0.0668. The van der Waals surface area contributed by atoms with Gasteiger partial charge in [0.05, 0.1) is 6.04 Å². The minimum Gasteiger partial charge on any atom is -0.353 e. The molecule has 1 unspecified atom stereocenters. The van der Waals surface area contributed by atoms with Gasteiger partial charge in [-0.1, -0.05) is 25.0 Å². The van der Waals surface area contributed by atoms with Crippen molar-refractivity contribution >= 4 is 5.95 Å². The molecule has 1 aliphatic rings.